The summed E-state index contributed by atoms with van der Waals surface area (Å²) < 4.78 is 12.8. The third kappa shape index (κ3) is 4.60. The molecule has 0 aromatic heterocycles. The second-order valence-electron chi connectivity index (χ2n) is 5.57. The van der Waals surface area contributed by atoms with Gasteiger partial charge in [0.1, 0.15) is 5.82 Å². The number of rotatable bonds is 4. The van der Waals surface area contributed by atoms with Gasteiger partial charge in [0.05, 0.1) is 6.54 Å². The first kappa shape index (κ1) is 15.0. The number of hydrogen-bond acceptors (Lipinski definition) is 2. The second kappa shape index (κ2) is 7.39. The molecule has 1 aliphatic heterocycles. The molecule has 0 bridgehead atoms. The highest BCUT2D eigenvalue weighted by Gasteiger charge is 2.16. The van der Waals surface area contributed by atoms with E-state index in [9.17, 15) is 9.18 Å². The number of likely N-dealkylation sites (N-methyl/N-ethyl adjacent to an activating group) is 1. The Hall–Kier alpha value is -1.42. The van der Waals surface area contributed by atoms with Gasteiger partial charge in [0.15, 0.2) is 0 Å². The Balaban J connectivity index is 1.83. The van der Waals surface area contributed by atoms with Gasteiger partial charge in [0.25, 0.3) is 0 Å². The van der Waals surface area contributed by atoms with E-state index in [1.54, 1.807) is 17.0 Å². The molecule has 0 saturated carbocycles. The van der Waals surface area contributed by atoms with Gasteiger partial charge in [0, 0.05) is 13.6 Å². The smallest absolute Gasteiger partial charge is 0.236 e. The van der Waals surface area contributed by atoms with Crippen molar-refractivity contribution >= 4 is 5.91 Å². The molecule has 0 unspecified atom stereocenters. The Kier molecular flexibility index (Phi) is 5.53. The van der Waals surface area contributed by atoms with Crippen LogP contribution in [0.5, 0.6) is 0 Å². The second-order valence-corrected chi connectivity index (χ2v) is 5.57. The molecule has 1 amide bonds. The lowest BCUT2D eigenvalue weighted by atomic mass is 10.2. The van der Waals surface area contributed by atoms with Crippen LogP contribution >= 0.6 is 0 Å². The van der Waals surface area contributed by atoms with E-state index >= 15 is 0 Å². The Morgan fingerprint density at radius 2 is 1.75 bits per heavy atom. The predicted molar refractivity (Wildman–Crippen MR) is 77.8 cm³/mol. The molecule has 1 aromatic rings. The number of benzene rings is 1. The highest BCUT2D eigenvalue weighted by molar-refractivity contribution is 5.78. The zero-order valence-electron chi connectivity index (χ0n) is 12.1. The van der Waals surface area contributed by atoms with Gasteiger partial charge in [-0.3, -0.25) is 9.69 Å². The van der Waals surface area contributed by atoms with Gasteiger partial charge in [-0.2, -0.15) is 0 Å². The minimum Gasteiger partial charge on any atom is -0.340 e. The molecule has 0 atom stereocenters. The average Bonchev–Trinajstić information content (AvgIpc) is 2.70. The zero-order valence-corrected chi connectivity index (χ0v) is 12.1. The van der Waals surface area contributed by atoms with Crippen LogP contribution in [0.15, 0.2) is 24.3 Å². The molecular weight excluding hydrogens is 255 g/mol. The third-order valence-electron chi connectivity index (χ3n) is 3.82. The minimum atomic E-state index is -0.243. The fourth-order valence-corrected chi connectivity index (χ4v) is 2.56. The first-order valence-corrected chi connectivity index (χ1v) is 7.36. The molecule has 20 heavy (non-hydrogen) atoms. The van der Waals surface area contributed by atoms with Gasteiger partial charge in [-0.25, -0.2) is 4.39 Å². The van der Waals surface area contributed by atoms with E-state index in [0.29, 0.717) is 13.1 Å². The summed E-state index contributed by atoms with van der Waals surface area (Å²) >= 11 is 0. The molecule has 110 valence electrons. The largest absolute Gasteiger partial charge is 0.340 e. The quantitative estimate of drug-likeness (QED) is 0.845. The van der Waals surface area contributed by atoms with Gasteiger partial charge in [-0.1, -0.05) is 25.0 Å². The van der Waals surface area contributed by atoms with Gasteiger partial charge < -0.3 is 4.90 Å². The number of hydrogen-bond donors (Lipinski definition) is 0. The van der Waals surface area contributed by atoms with E-state index in [4.69, 9.17) is 0 Å². The van der Waals surface area contributed by atoms with E-state index in [1.807, 2.05) is 7.05 Å². The summed E-state index contributed by atoms with van der Waals surface area (Å²) in [6.07, 6.45) is 4.93. The maximum absolute atomic E-state index is 12.8. The first-order chi connectivity index (χ1) is 9.65. The highest BCUT2D eigenvalue weighted by Crippen LogP contribution is 2.10. The SMILES string of the molecule is CN(Cc1ccc(F)cc1)C(=O)CN1CCCCCC1. The third-order valence-corrected chi connectivity index (χ3v) is 3.82. The van der Waals surface area contributed by atoms with E-state index < -0.39 is 0 Å². The molecule has 1 heterocycles. The fourth-order valence-electron chi connectivity index (χ4n) is 2.56. The first-order valence-electron chi connectivity index (χ1n) is 7.36. The summed E-state index contributed by atoms with van der Waals surface area (Å²) in [5, 5.41) is 0. The van der Waals surface area contributed by atoms with Gasteiger partial charge in [0.2, 0.25) is 5.91 Å². The Morgan fingerprint density at radius 3 is 2.35 bits per heavy atom. The molecule has 1 aromatic carbocycles. The summed E-state index contributed by atoms with van der Waals surface area (Å²) in [5.41, 5.74) is 0.957. The monoisotopic (exact) mass is 278 g/mol. The van der Waals surface area contributed by atoms with Crippen molar-refractivity contribution in [3.63, 3.8) is 0 Å². The van der Waals surface area contributed by atoms with Crippen LogP contribution in [0.25, 0.3) is 0 Å². The molecule has 3 nitrogen and oxygen atoms in total. The predicted octanol–water partition coefficient (Wildman–Crippen LogP) is 2.66. The number of amides is 1. The molecule has 0 aliphatic carbocycles. The van der Waals surface area contributed by atoms with E-state index in [1.165, 1.54) is 37.8 Å². The van der Waals surface area contributed by atoms with E-state index in [2.05, 4.69) is 4.90 Å². The van der Waals surface area contributed by atoms with Crippen LogP contribution in [-0.2, 0) is 11.3 Å². The molecular formula is C16H23FN2O. The van der Waals surface area contributed by atoms with Crippen LogP contribution in [-0.4, -0.2) is 42.4 Å². The van der Waals surface area contributed by atoms with Gasteiger partial charge in [-0.15, -0.1) is 0 Å². The lowest BCUT2D eigenvalue weighted by Crippen LogP contribution is -2.38. The average molecular weight is 278 g/mol. The van der Waals surface area contributed by atoms with Crippen molar-refractivity contribution in [1.82, 2.24) is 9.80 Å². The molecule has 1 aliphatic rings. The number of carbonyl (C=O) groups is 1. The van der Waals surface area contributed by atoms with Crippen LogP contribution < -0.4 is 0 Å². The Labute approximate surface area is 120 Å². The number of carbonyl (C=O) groups excluding carboxylic acids is 1. The molecule has 4 heteroatoms. The zero-order chi connectivity index (χ0) is 14.4. The van der Waals surface area contributed by atoms with Gasteiger partial charge >= 0.3 is 0 Å². The van der Waals surface area contributed by atoms with E-state index in [-0.39, 0.29) is 11.7 Å². The summed E-state index contributed by atoms with van der Waals surface area (Å²) in [5.74, 6) is -0.108. The van der Waals surface area contributed by atoms with Crippen molar-refractivity contribution in [2.75, 3.05) is 26.7 Å². The number of halogens is 1. The van der Waals surface area contributed by atoms with Crippen molar-refractivity contribution in [3.05, 3.63) is 35.6 Å². The summed E-state index contributed by atoms with van der Waals surface area (Å²) in [4.78, 5) is 16.2. The van der Waals surface area contributed by atoms with Crippen LogP contribution in [0.1, 0.15) is 31.2 Å². The normalized spacial score (nSPS) is 16.7. The fraction of sp³-hybridized carbons (Fsp3) is 0.562. The number of likely N-dealkylation sites (tertiary alicyclic amines) is 1. The molecule has 1 saturated heterocycles. The van der Waals surface area contributed by atoms with Crippen LogP contribution in [0.4, 0.5) is 4.39 Å². The maximum atomic E-state index is 12.8. The van der Waals surface area contributed by atoms with Crippen molar-refractivity contribution in [2.45, 2.75) is 32.2 Å². The van der Waals surface area contributed by atoms with Crippen molar-refractivity contribution in [2.24, 2.45) is 0 Å². The van der Waals surface area contributed by atoms with Gasteiger partial charge in [-0.05, 0) is 43.6 Å². The maximum Gasteiger partial charge on any atom is 0.236 e. The van der Waals surface area contributed by atoms with Crippen molar-refractivity contribution in [1.29, 1.82) is 0 Å². The minimum absolute atomic E-state index is 0.135. The molecule has 0 N–H and O–H groups in total. The lowest BCUT2D eigenvalue weighted by Gasteiger charge is -2.23. The molecule has 2 rings (SSSR count). The summed E-state index contributed by atoms with van der Waals surface area (Å²) in [6, 6.07) is 6.32. The topological polar surface area (TPSA) is 23.6 Å². The highest BCUT2D eigenvalue weighted by atomic mass is 19.1. The molecule has 0 radical (unpaired) electrons. The van der Waals surface area contributed by atoms with E-state index in [0.717, 1.165) is 18.7 Å². The Bertz CT molecular complexity index is 425. The lowest BCUT2D eigenvalue weighted by molar-refractivity contribution is -0.131. The van der Waals surface area contributed by atoms with Crippen LogP contribution in [0.3, 0.4) is 0 Å². The summed E-state index contributed by atoms with van der Waals surface area (Å²) in [7, 11) is 1.81. The van der Waals surface area contributed by atoms with Crippen molar-refractivity contribution in [3.8, 4) is 0 Å². The standard InChI is InChI=1S/C16H23FN2O/c1-18(12-14-6-8-15(17)9-7-14)16(20)13-19-10-4-2-3-5-11-19/h6-9H,2-5,10-13H2,1H3. The molecule has 1 fully saturated rings. The Morgan fingerprint density at radius 1 is 1.15 bits per heavy atom. The summed E-state index contributed by atoms with van der Waals surface area (Å²) in [6.45, 7) is 3.08. The van der Waals surface area contributed by atoms with Crippen LogP contribution in [0, 0.1) is 5.82 Å². The molecule has 0 spiro atoms. The van der Waals surface area contributed by atoms with Crippen LogP contribution in [0.2, 0.25) is 0 Å². The number of nitrogens with zero attached hydrogens (tertiary/aromatic N) is 2. The van der Waals surface area contributed by atoms with Crippen molar-refractivity contribution < 1.29 is 9.18 Å².